The van der Waals surface area contributed by atoms with Crippen LogP contribution in [0.15, 0.2) is 24.3 Å². The van der Waals surface area contributed by atoms with Gasteiger partial charge in [-0.2, -0.15) is 0 Å². The number of hydrogen-bond acceptors (Lipinski definition) is 4. The lowest BCUT2D eigenvalue weighted by atomic mass is 10.1. The van der Waals surface area contributed by atoms with E-state index in [2.05, 4.69) is 5.32 Å². The second-order valence-corrected chi connectivity index (χ2v) is 5.30. The Morgan fingerprint density at radius 2 is 2.11 bits per heavy atom. The highest BCUT2D eigenvalue weighted by molar-refractivity contribution is 5.97. The largest absolute Gasteiger partial charge is 0.488 e. The van der Waals surface area contributed by atoms with E-state index in [4.69, 9.17) is 15.2 Å². The summed E-state index contributed by atoms with van der Waals surface area (Å²) in [6, 6.07) is 7.26. The summed E-state index contributed by atoms with van der Waals surface area (Å²) in [6.45, 7) is 4.73. The van der Waals surface area contributed by atoms with E-state index >= 15 is 0 Å². The predicted molar refractivity (Wildman–Crippen MR) is 73.2 cm³/mol. The van der Waals surface area contributed by atoms with E-state index in [1.165, 1.54) is 0 Å². The third kappa shape index (κ3) is 3.94. The highest BCUT2D eigenvalue weighted by atomic mass is 16.5. The summed E-state index contributed by atoms with van der Waals surface area (Å²) in [5, 5.41) is 2.76. The summed E-state index contributed by atoms with van der Waals surface area (Å²) in [6.07, 6.45) is 1.04. The van der Waals surface area contributed by atoms with E-state index in [0.29, 0.717) is 12.3 Å². The van der Waals surface area contributed by atoms with Crippen molar-refractivity contribution in [2.24, 2.45) is 5.73 Å². The van der Waals surface area contributed by atoms with Crippen molar-refractivity contribution in [3.05, 3.63) is 24.3 Å². The monoisotopic (exact) mass is 264 g/mol. The topological polar surface area (TPSA) is 73.6 Å². The van der Waals surface area contributed by atoms with Gasteiger partial charge >= 0.3 is 0 Å². The molecule has 0 saturated carbocycles. The van der Waals surface area contributed by atoms with Crippen molar-refractivity contribution in [3.8, 4) is 5.75 Å². The van der Waals surface area contributed by atoms with E-state index in [1.807, 2.05) is 12.1 Å². The second-order valence-electron chi connectivity index (χ2n) is 5.30. The van der Waals surface area contributed by atoms with Crippen LogP contribution >= 0.6 is 0 Å². The molecule has 0 spiro atoms. The van der Waals surface area contributed by atoms with Crippen LogP contribution < -0.4 is 15.8 Å². The average molecular weight is 264 g/mol. The highest BCUT2D eigenvalue weighted by Crippen LogP contribution is 2.20. The summed E-state index contributed by atoms with van der Waals surface area (Å²) < 4.78 is 11.0. The Morgan fingerprint density at radius 1 is 1.42 bits per heavy atom. The molecule has 104 valence electrons. The molecule has 1 fully saturated rings. The predicted octanol–water partition coefficient (Wildman–Crippen LogP) is 1.53. The Bertz CT molecular complexity index is 431. The molecule has 1 atom stereocenters. The zero-order valence-corrected chi connectivity index (χ0v) is 11.3. The number of carbonyl (C=O) groups excluding carboxylic acids is 1. The fourth-order valence-corrected chi connectivity index (χ4v) is 1.71. The first-order valence-corrected chi connectivity index (χ1v) is 6.40. The van der Waals surface area contributed by atoms with Gasteiger partial charge in [0.15, 0.2) is 0 Å². The zero-order valence-electron chi connectivity index (χ0n) is 11.3. The van der Waals surface area contributed by atoms with Crippen LogP contribution in [0.3, 0.4) is 0 Å². The number of nitrogens with one attached hydrogen (secondary N) is 1. The molecule has 1 amide bonds. The maximum atomic E-state index is 11.7. The number of benzene rings is 1. The van der Waals surface area contributed by atoms with Crippen molar-refractivity contribution in [2.45, 2.75) is 31.9 Å². The van der Waals surface area contributed by atoms with Crippen LogP contribution in [0.5, 0.6) is 5.75 Å². The van der Waals surface area contributed by atoms with Crippen LogP contribution in [0.4, 0.5) is 5.69 Å². The van der Waals surface area contributed by atoms with Crippen molar-refractivity contribution in [1.29, 1.82) is 0 Å². The van der Waals surface area contributed by atoms with E-state index < -0.39 is 5.54 Å². The lowest BCUT2D eigenvalue weighted by molar-refractivity contribution is -0.120. The molecule has 1 aliphatic rings. The van der Waals surface area contributed by atoms with Gasteiger partial charge in [0.2, 0.25) is 5.91 Å². The molecule has 3 N–H and O–H groups in total. The summed E-state index contributed by atoms with van der Waals surface area (Å²) in [4.78, 5) is 11.7. The standard InChI is InChI=1S/C14H20N2O3/c1-14(2,15)13(17)16-10-3-5-11(6-4-10)19-12-7-8-18-9-12/h3-6,12H,7-9,15H2,1-2H3,(H,16,17). The highest BCUT2D eigenvalue weighted by Gasteiger charge is 2.22. The summed E-state index contributed by atoms with van der Waals surface area (Å²) >= 11 is 0. The van der Waals surface area contributed by atoms with Gasteiger partial charge in [-0.15, -0.1) is 0 Å². The van der Waals surface area contributed by atoms with E-state index in [9.17, 15) is 4.79 Å². The number of nitrogens with two attached hydrogens (primary N) is 1. The van der Waals surface area contributed by atoms with Crippen LogP contribution in [0.2, 0.25) is 0 Å². The zero-order chi connectivity index (χ0) is 13.9. The molecule has 19 heavy (non-hydrogen) atoms. The third-order valence-electron chi connectivity index (χ3n) is 2.89. The Balaban J connectivity index is 1.92. The van der Waals surface area contributed by atoms with Crippen molar-refractivity contribution in [2.75, 3.05) is 18.5 Å². The smallest absolute Gasteiger partial charge is 0.243 e. The number of hydrogen-bond donors (Lipinski definition) is 2. The molecule has 1 aromatic carbocycles. The molecule has 0 radical (unpaired) electrons. The molecule has 5 heteroatoms. The molecular weight excluding hydrogens is 244 g/mol. The first-order valence-electron chi connectivity index (χ1n) is 6.40. The van der Waals surface area contributed by atoms with Crippen molar-refractivity contribution in [1.82, 2.24) is 0 Å². The number of anilines is 1. The molecule has 1 heterocycles. The Kier molecular flexibility index (Phi) is 4.07. The molecule has 2 rings (SSSR count). The van der Waals surface area contributed by atoms with Gasteiger partial charge in [0.25, 0.3) is 0 Å². The second kappa shape index (κ2) is 5.59. The maximum absolute atomic E-state index is 11.7. The van der Waals surface area contributed by atoms with Crippen molar-refractivity contribution >= 4 is 11.6 Å². The first-order chi connectivity index (χ1) is 8.95. The maximum Gasteiger partial charge on any atom is 0.243 e. The van der Waals surface area contributed by atoms with Crippen molar-refractivity contribution in [3.63, 3.8) is 0 Å². The minimum Gasteiger partial charge on any atom is -0.488 e. The van der Waals surface area contributed by atoms with E-state index in [1.54, 1.807) is 26.0 Å². The van der Waals surface area contributed by atoms with Gasteiger partial charge in [-0.3, -0.25) is 4.79 Å². The molecule has 1 aromatic rings. The minimum atomic E-state index is -0.893. The fraction of sp³-hybridized carbons (Fsp3) is 0.500. The van der Waals surface area contributed by atoms with Crippen molar-refractivity contribution < 1.29 is 14.3 Å². The summed E-state index contributed by atoms with van der Waals surface area (Å²) in [5.41, 5.74) is 5.53. The van der Waals surface area contributed by atoms with Crippen LogP contribution in [-0.2, 0) is 9.53 Å². The van der Waals surface area contributed by atoms with Gasteiger partial charge in [-0.1, -0.05) is 0 Å². The van der Waals surface area contributed by atoms with E-state index in [-0.39, 0.29) is 12.0 Å². The van der Waals surface area contributed by atoms with Crippen LogP contribution in [0, 0.1) is 0 Å². The van der Waals surface area contributed by atoms with Gasteiger partial charge in [-0.05, 0) is 38.1 Å². The van der Waals surface area contributed by atoms with Gasteiger partial charge in [-0.25, -0.2) is 0 Å². The number of carbonyl (C=O) groups is 1. The third-order valence-corrected chi connectivity index (χ3v) is 2.89. The van der Waals surface area contributed by atoms with Gasteiger partial charge in [0.1, 0.15) is 11.9 Å². The molecule has 1 saturated heterocycles. The van der Waals surface area contributed by atoms with Gasteiger partial charge < -0.3 is 20.5 Å². The number of ether oxygens (including phenoxy) is 2. The Morgan fingerprint density at radius 3 is 2.63 bits per heavy atom. The number of amides is 1. The molecule has 0 aromatic heterocycles. The van der Waals surface area contributed by atoms with Crippen LogP contribution in [-0.4, -0.2) is 30.8 Å². The fourth-order valence-electron chi connectivity index (χ4n) is 1.71. The molecule has 1 unspecified atom stereocenters. The normalized spacial score (nSPS) is 19.2. The number of rotatable bonds is 4. The quantitative estimate of drug-likeness (QED) is 0.865. The minimum absolute atomic E-state index is 0.128. The molecular formula is C14H20N2O3. The summed E-state index contributed by atoms with van der Waals surface area (Å²) in [7, 11) is 0. The Hall–Kier alpha value is -1.59. The first kappa shape index (κ1) is 13.8. The molecule has 0 aliphatic carbocycles. The van der Waals surface area contributed by atoms with Gasteiger partial charge in [0.05, 0.1) is 18.8 Å². The lowest BCUT2D eigenvalue weighted by Crippen LogP contribution is -2.45. The van der Waals surface area contributed by atoms with E-state index in [0.717, 1.165) is 18.8 Å². The average Bonchev–Trinajstić information content (AvgIpc) is 2.83. The molecule has 0 bridgehead atoms. The Labute approximate surface area is 113 Å². The SMILES string of the molecule is CC(C)(N)C(=O)Nc1ccc(OC2CCOC2)cc1. The van der Waals surface area contributed by atoms with Crippen LogP contribution in [0.25, 0.3) is 0 Å². The lowest BCUT2D eigenvalue weighted by Gasteiger charge is -2.18. The van der Waals surface area contributed by atoms with Crippen LogP contribution in [0.1, 0.15) is 20.3 Å². The summed E-state index contributed by atoms with van der Waals surface area (Å²) in [5.74, 6) is 0.561. The van der Waals surface area contributed by atoms with Gasteiger partial charge in [0, 0.05) is 12.1 Å². The molecule has 1 aliphatic heterocycles. The molecule has 5 nitrogen and oxygen atoms in total.